The van der Waals surface area contributed by atoms with Gasteiger partial charge in [-0.05, 0) is 0 Å². The molecule has 0 fully saturated rings. The van der Waals surface area contributed by atoms with Crippen LogP contribution in [0.15, 0.2) is 24.3 Å². The summed E-state index contributed by atoms with van der Waals surface area (Å²) in [5.74, 6) is -0.371. The summed E-state index contributed by atoms with van der Waals surface area (Å²) in [6.45, 7) is 5.38. The molecule has 0 aliphatic carbocycles. The second-order valence-corrected chi connectivity index (χ2v) is 6.76. The first kappa shape index (κ1) is 19.3. The maximum atomic E-state index is 12.4. The molecular formula is C16H23NO5Se. The van der Waals surface area contributed by atoms with E-state index in [1.807, 2.05) is 0 Å². The van der Waals surface area contributed by atoms with E-state index < -0.39 is 23.7 Å². The Morgan fingerprint density at radius 2 is 1.83 bits per heavy atom. The van der Waals surface area contributed by atoms with Crippen LogP contribution in [0.3, 0.4) is 0 Å². The summed E-state index contributed by atoms with van der Waals surface area (Å²) in [6, 6.07) is 6.15. The van der Waals surface area contributed by atoms with Gasteiger partial charge in [0, 0.05) is 0 Å². The summed E-state index contributed by atoms with van der Waals surface area (Å²) in [5.41, 5.74) is 0.102. The van der Waals surface area contributed by atoms with Crippen molar-refractivity contribution in [3.63, 3.8) is 0 Å². The number of hydrogen-bond acceptors (Lipinski definition) is 4. The Morgan fingerprint density at radius 1 is 1.26 bits per heavy atom. The molecule has 1 amide bonds. The molecular weight excluding hydrogens is 365 g/mol. The van der Waals surface area contributed by atoms with Crippen LogP contribution >= 0.6 is 0 Å². The molecule has 1 N–H and O–H groups in total. The molecule has 0 heterocycles. The van der Waals surface area contributed by atoms with Crippen molar-refractivity contribution < 1.29 is 24.2 Å². The summed E-state index contributed by atoms with van der Waals surface area (Å²) in [4.78, 5) is 25.1. The standard InChI is InChI=1S/C16H23NO5Se/c1-16(2,3)22-15(20)17(13(10-23)14(18)19)9-11-5-7-12(21-4)8-6-11/h5-8,13,23H,9-10H2,1-4H3,(H,18,19)/t13-/m0/s1. The van der Waals surface area contributed by atoms with Crippen LogP contribution in [0.2, 0.25) is 5.32 Å². The number of nitrogens with zero attached hydrogens (tertiary/aromatic N) is 1. The van der Waals surface area contributed by atoms with Gasteiger partial charge in [0.2, 0.25) is 0 Å². The van der Waals surface area contributed by atoms with Crippen LogP contribution in [0, 0.1) is 0 Å². The number of rotatable bonds is 6. The topological polar surface area (TPSA) is 76.1 Å². The number of carboxylic acid groups (broad SMARTS) is 1. The molecule has 0 saturated carbocycles. The minimum atomic E-state index is -1.06. The Labute approximate surface area is 144 Å². The Morgan fingerprint density at radius 3 is 2.22 bits per heavy atom. The average molecular weight is 388 g/mol. The van der Waals surface area contributed by atoms with E-state index in [4.69, 9.17) is 9.47 Å². The van der Waals surface area contributed by atoms with Gasteiger partial charge in [-0.25, -0.2) is 0 Å². The molecule has 128 valence electrons. The van der Waals surface area contributed by atoms with Crippen LogP contribution in [0.25, 0.3) is 0 Å². The molecule has 0 bridgehead atoms. The summed E-state index contributed by atoms with van der Waals surface area (Å²) in [5, 5.41) is 9.61. The molecule has 1 atom stereocenters. The first-order chi connectivity index (χ1) is 10.7. The fourth-order valence-corrected chi connectivity index (χ4v) is 2.60. The first-order valence-electron chi connectivity index (χ1n) is 7.14. The van der Waals surface area contributed by atoms with E-state index in [-0.39, 0.29) is 11.9 Å². The Hall–Kier alpha value is -1.72. The number of carboxylic acids is 1. The quantitative estimate of drug-likeness (QED) is 0.757. The number of carbonyl (C=O) groups is 2. The van der Waals surface area contributed by atoms with Crippen molar-refractivity contribution in [2.75, 3.05) is 7.11 Å². The summed E-state index contributed by atoms with van der Waals surface area (Å²) in [6.07, 6.45) is -0.647. The van der Waals surface area contributed by atoms with E-state index >= 15 is 0 Å². The number of ether oxygens (including phenoxy) is 2. The Kier molecular flexibility index (Phi) is 6.91. The van der Waals surface area contributed by atoms with Crippen molar-refractivity contribution in [1.82, 2.24) is 4.90 Å². The molecule has 1 aromatic rings. The zero-order valence-corrected chi connectivity index (χ0v) is 15.7. The van der Waals surface area contributed by atoms with Gasteiger partial charge in [0.25, 0.3) is 0 Å². The summed E-state index contributed by atoms with van der Waals surface area (Å²) >= 11 is 2.20. The third-order valence-corrected chi connectivity index (χ3v) is 3.70. The van der Waals surface area contributed by atoms with Crippen LogP contribution < -0.4 is 4.74 Å². The van der Waals surface area contributed by atoms with Crippen molar-refractivity contribution in [3.8, 4) is 5.75 Å². The minimum absolute atomic E-state index is 0.146. The molecule has 1 aromatic carbocycles. The summed E-state index contributed by atoms with van der Waals surface area (Å²) in [7, 11) is 1.57. The van der Waals surface area contributed by atoms with E-state index in [0.29, 0.717) is 5.75 Å². The van der Waals surface area contributed by atoms with Crippen LogP contribution in [0.5, 0.6) is 5.75 Å². The molecule has 0 aliphatic heterocycles. The van der Waals surface area contributed by atoms with Crippen LogP contribution in [-0.4, -0.2) is 56.8 Å². The Bertz CT molecular complexity index is 538. The SMILES string of the molecule is COc1ccc(CN(C(=O)OC(C)(C)C)[C@@H](C[SeH])C(=O)O)cc1. The number of methoxy groups -OCH3 is 1. The third-order valence-electron chi connectivity index (χ3n) is 2.97. The van der Waals surface area contributed by atoms with Gasteiger partial charge >= 0.3 is 144 Å². The van der Waals surface area contributed by atoms with Crippen molar-refractivity contribution >= 4 is 28.1 Å². The van der Waals surface area contributed by atoms with Crippen molar-refractivity contribution in [1.29, 1.82) is 0 Å². The molecule has 0 aromatic heterocycles. The Balaban J connectivity index is 3.02. The molecule has 6 nitrogen and oxygen atoms in total. The summed E-state index contributed by atoms with van der Waals surface area (Å²) < 4.78 is 10.4. The van der Waals surface area contributed by atoms with Crippen LogP contribution in [-0.2, 0) is 16.1 Å². The number of benzene rings is 1. The van der Waals surface area contributed by atoms with Gasteiger partial charge in [-0.15, -0.1) is 0 Å². The zero-order valence-electron chi connectivity index (χ0n) is 13.8. The number of aliphatic carboxylic acids is 1. The normalized spacial score (nSPS) is 12.4. The molecule has 1 rings (SSSR count). The van der Waals surface area contributed by atoms with E-state index in [0.717, 1.165) is 5.56 Å². The molecule has 0 spiro atoms. The second kappa shape index (κ2) is 8.22. The van der Waals surface area contributed by atoms with E-state index in [1.165, 1.54) is 4.90 Å². The van der Waals surface area contributed by atoms with Gasteiger partial charge in [-0.2, -0.15) is 0 Å². The second-order valence-electron chi connectivity index (χ2n) is 5.99. The fraction of sp³-hybridized carbons (Fsp3) is 0.500. The van der Waals surface area contributed by atoms with Crippen molar-refractivity contribution in [3.05, 3.63) is 29.8 Å². The van der Waals surface area contributed by atoms with Gasteiger partial charge in [-0.1, -0.05) is 0 Å². The van der Waals surface area contributed by atoms with Crippen LogP contribution in [0.4, 0.5) is 4.79 Å². The maximum absolute atomic E-state index is 12.4. The van der Waals surface area contributed by atoms with E-state index in [2.05, 4.69) is 16.0 Å². The number of hydrogen-bond donors (Lipinski definition) is 1. The zero-order chi connectivity index (χ0) is 17.6. The fourth-order valence-electron chi connectivity index (χ4n) is 1.86. The van der Waals surface area contributed by atoms with E-state index in [9.17, 15) is 14.7 Å². The molecule has 0 unspecified atom stereocenters. The van der Waals surface area contributed by atoms with E-state index in [1.54, 1.807) is 52.1 Å². The van der Waals surface area contributed by atoms with Gasteiger partial charge in [-0.3, -0.25) is 0 Å². The molecule has 0 saturated heterocycles. The number of amides is 1. The van der Waals surface area contributed by atoms with Gasteiger partial charge < -0.3 is 0 Å². The average Bonchev–Trinajstić information content (AvgIpc) is 2.45. The predicted octanol–water partition coefficient (Wildman–Crippen LogP) is 2.20. The first-order valence-corrected chi connectivity index (χ1v) is 8.47. The molecule has 7 heteroatoms. The third kappa shape index (κ3) is 6.12. The van der Waals surface area contributed by atoms with Gasteiger partial charge in [0.1, 0.15) is 0 Å². The van der Waals surface area contributed by atoms with Crippen molar-refractivity contribution in [2.24, 2.45) is 0 Å². The predicted molar refractivity (Wildman–Crippen MR) is 88.2 cm³/mol. The molecule has 0 aliphatic rings. The van der Waals surface area contributed by atoms with Crippen LogP contribution in [0.1, 0.15) is 26.3 Å². The molecule has 23 heavy (non-hydrogen) atoms. The van der Waals surface area contributed by atoms with Gasteiger partial charge in [0.15, 0.2) is 0 Å². The van der Waals surface area contributed by atoms with Gasteiger partial charge in [0.05, 0.1) is 0 Å². The number of carbonyl (C=O) groups excluding carboxylic acids is 1. The monoisotopic (exact) mass is 389 g/mol. The van der Waals surface area contributed by atoms with Crippen molar-refractivity contribution in [2.45, 2.75) is 44.3 Å². The molecule has 0 radical (unpaired) electrons.